The molecule has 0 saturated carbocycles. The van der Waals surface area contributed by atoms with Crippen molar-refractivity contribution >= 4 is 0 Å². The molecule has 1 aliphatic rings. The highest BCUT2D eigenvalue weighted by Gasteiger charge is 2.40. The van der Waals surface area contributed by atoms with E-state index in [0.29, 0.717) is 32.8 Å². The number of benzene rings is 3. The topological polar surface area (TPSA) is 57.2 Å². The van der Waals surface area contributed by atoms with Gasteiger partial charge in [-0.2, -0.15) is 0 Å². The molecule has 5 heteroatoms. The molecule has 4 atom stereocenters. The maximum atomic E-state index is 10.4. The molecule has 0 aromatic heterocycles. The van der Waals surface area contributed by atoms with Gasteiger partial charge in [0.2, 0.25) is 0 Å². The van der Waals surface area contributed by atoms with Crippen LogP contribution in [0.15, 0.2) is 91.0 Å². The molecule has 1 fully saturated rings. The summed E-state index contributed by atoms with van der Waals surface area (Å²) < 4.78 is 24.3. The highest BCUT2D eigenvalue weighted by atomic mass is 16.6. The SMILES string of the molecule is OC1C[C@@H](OCc2ccccc2)[C@@H](OCc2ccccc2)C(COCc2ccccc2)O1. The Kier molecular flexibility index (Phi) is 8.42. The molecule has 2 unspecified atom stereocenters. The summed E-state index contributed by atoms with van der Waals surface area (Å²) in [5, 5.41) is 10.4. The van der Waals surface area contributed by atoms with Crippen LogP contribution in [0.2, 0.25) is 0 Å². The van der Waals surface area contributed by atoms with Crippen LogP contribution in [-0.2, 0) is 38.8 Å². The minimum Gasteiger partial charge on any atom is -0.374 e. The quantitative estimate of drug-likeness (QED) is 0.510. The van der Waals surface area contributed by atoms with Crippen molar-refractivity contribution < 1.29 is 24.1 Å². The smallest absolute Gasteiger partial charge is 0.157 e. The van der Waals surface area contributed by atoms with E-state index in [2.05, 4.69) is 0 Å². The summed E-state index contributed by atoms with van der Waals surface area (Å²) in [5.41, 5.74) is 3.24. The molecule has 4 rings (SSSR count). The first kappa shape index (κ1) is 22.6. The molecule has 1 N–H and O–H groups in total. The maximum Gasteiger partial charge on any atom is 0.157 e. The van der Waals surface area contributed by atoms with E-state index in [4.69, 9.17) is 18.9 Å². The van der Waals surface area contributed by atoms with E-state index in [0.717, 1.165) is 16.7 Å². The number of rotatable bonds is 10. The number of hydrogen-bond donors (Lipinski definition) is 1. The lowest BCUT2D eigenvalue weighted by Gasteiger charge is -2.39. The van der Waals surface area contributed by atoms with Gasteiger partial charge in [0.15, 0.2) is 6.29 Å². The molecular weight excluding hydrogens is 404 g/mol. The Morgan fingerprint density at radius 1 is 0.688 bits per heavy atom. The fourth-order valence-electron chi connectivity index (χ4n) is 3.83. The third-order valence-electron chi connectivity index (χ3n) is 5.48. The zero-order chi connectivity index (χ0) is 22.0. The highest BCUT2D eigenvalue weighted by Crippen LogP contribution is 2.27. The van der Waals surface area contributed by atoms with E-state index in [-0.39, 0.29) is 12.2 Å². The van der Waals surface area contributed by atoms with Gasteiger partial charge in [-0.15, -0.1) is 0 Å². The molecular formula is C27H30O5. The Balaban J connectivity index is 1.42. The minimum atomic E-state index is -0.919. The molecule has 1 saturated heterocycles. The predicted octanol–water partition coefficient (Wildman–Crippen LogP) is 4.48. The molecule has 32 heavy (non-hydrogen) atoms. The van der Waals surface area contributed by atoms with E-state index >= 15 is 0 Å². The maximum absolute atomic E-state index is 10.4. The zero-order valence-electron chi connectivity index (χ0n) is 18.1. The van der Waals surface area contributed by atoms with Gasteiger partial charge in [0.05, 0.1) is 32.5 Å². The molecule has 1 heterocycles. The number of aliphatic hydroxyl groups is 1. The highest BCUT2D eigenvalue weighted by molar-refractivity contribution is 5.15. The summed E-state index contributed by atoms with van der Waals surface area (Å²) in [5.74, 6) is 0. The lowest BCUT2D eigenvalue weighted by molar-refractivity contribution is -0.265. The van der Waals surface area contributed by atoms with Gasteiger partial charge >= 0.3 is 0 Å². The minimum absolute atomic E-state index is 0.302. The normalized spacial score (nSPS) is 23.2. The second kappa shape index (κ2) is 11.9. The van der Waals surface area contributed by atoms with Crippen LogP contribution in [0.1, 0.15) is 23.1 Å². The molecule has 0 radical (unpaired) electrons. The second-order valence-electron chi connectivity index (χ2n) is 7.96. The summed E-state index contributed by atoms with van der Waals surface area (Å²) in [4.78, 5) is 0. The molecule has 1 aliphatic heterocycles. The van der Waals surface area contributed by atoms with E-state index in [1.165, 1.54) is 0 Å². The van der Waals surface area contributed by atoms with Gasteiger partial charge in [0, 0.05) is 6.42 Å². The first-order chi connectivity index (χ1) is 15.8. The standard InChI is InChI=1S/C27H30O5/c28-26-16-24(30-18-22-12-6-2-7-13-22)27(31-19-23-14-8-3-9-15-23)25(32-26)20-29-17-21-10-4-1-5-11-21/h1-15,24-28H,16-20H2/t24-,25?,26?,27-/m1/s1. The molecule has 0 bridgehead atoms. The van der Waals surface area contributed by atoms with Gasteiger partial charge in [-0.25, -0.2) is 0 Å². The van der Waals surface area contributed by atoms with Crippen LogP contribution < -0.4 is 0 Å². The lowest BCUT2D eigenvalue weighted by atomic mass is 10.0. The van der Waals surface area contributed by atoms with Crippen LogP contribution in [0.25, 0.3) is 0 Å². The van der Waals surface area contributed by atoms with Gasteiger partial charge in [-0.05, 0) is 16.7 Å². The van der Waals surface area contributed by atoms with Crippen LogP contribution in [0.3, 0.4) is 0 Å². The Labute approximate surface area is 189 Å². The third kappa shape index (κ3) is 6.73. The van der Waals surface area contributed by atoms with Crippen molar-refractivity contribution in [2.24, 2.45) is 0 Å². The van der Waals surface area contributed by atoms with E-state index < -0.39 is 12.4 Å². The second-order valence-corrected chi connectivity index (χ2v) is 7.96. The summed E-state index contributed by atoms with van der Waals surface area (Å²) in [6.07, 6.45) is -1.68. The first-order valence-corrected chi connectivity index (χ1v) is 11.0. The first-order valence-electron chi connectivity index (χ1n) is 11.0. The number of aliphatic hydroxyl groups excluding tert-OH is 1. The van der Waals surface area contributed by atoms with E-state index in [1.54, 1.807) is 0 Å². The monoisotopic (exact) mass is 434 g/mol. The van der Waals surface area contributed by atoms with Gasteiger partial charge in [-0.1, -0.05) is 91.0 Å². The summed E-state index contributed by atoms with van der Waals surface area (Å²) in [6.45, 7) is 1.65. The van der Waals surface area contributed by atoms with Gasteiger partial charge in [-0.3, -0.25) is 0 Å². The number of hydrogen-bond acceptors (Lipinski definition) is 5. The Morgan fingerprint density at radius 3 is 1.75 bits per heavy atom. The van der Waals surface area contributed by atoms with Gasteiger partial charge in [0.1, 0.15) is 12.2 Å². The van der Waals surface area contributed by atoms with Crippen molar-refractivity contribution in [1.82, 2.24) is 0 Å². The van der Waals surface area contributed by atoms with Gasteiger partial charge in [0.25, 0.3) is 0 Å². The molecule has 0 spiro atoms. The van der Waals surface area contributed by atoms with Crippen molar-refractivity contribution in [1.29, 1.82) is 0 Å². The molecule has 0 aliphatic carbocycles. The average molecular weight is 435 g/mol. The predicted molar refractivity (Wildman–Crippen MR) is 122 cm³/mol. The molecule has 3 aromatic rings. The van der Waals surface area contributed by atoms with Crippen LogP contribution in [0, 0.1) is 0 Å². The van der Waals surface area contributed by atoms with Crippen molar-refractivity contribution in [2.75, 3.05) is 6.61 Å². The molecule has 168 valence electrons. The third-order valence-corrected chi connectivity index (χ3v) is 5.48. The van der Waals surface area contributed by atoms with Crippen LogP contribution in [0.5, 0.6) is 0 Å². The Bertz CT molecular complexity index is 903. The zero-order valence-corrected chi connectivity index (χ0v) is 18.1. The molecule has 5 nitrogen and oxygen atoms in total. The summed E-state index contributed by atoms with van der Waals surface area (Å²) >= 11 is 0. The average Bonchev–Trinajstić information content (AvgIpc) is 2.84. The van der Waals surface area contributed by atoms with Crippen LogP contribution >= 0.6 is 0 Å². The van der Waals surface area contributed by atoms with E-state index in [1.807, 2.05) is 91.0 Å². The van der Waals surface area contributed by atoms with Crippen molar-refractivity contribution in [2.45, 2.75) is 50.8 Å². The summed E-state index contributed by atoms with van der Waals surface area (Å²) in [7, 11) is 0. The fraction of sp³-hybridized carbons (Fsp3) is 0.333. The molecule has 3 aromatic carbocycles. The Morgan fingerprint density at radius 2 is 1.19 bits per heavy atom. The molecule has 0 amide bonds. The van der Waals surface area contributed by atoms with Gasteiger partial charge < -0.3 is 24.1 Å². The van der Waals surface area contributed by atoms with Crippen molar-refractivity contribution in [3.63, 3.8) is 0 Å². The van der Waals surface area contributed by atoms with Crippen LogP contribution in [-0.4, -0.2) is 36.3 Å². The van der Waals surface area contributed by atoms with E-state index in [9.17, 15) is 5.11 Å². The van der Waals surface area contributed by atoms with Crippen LogP contribution in [0.4, 0.5) is 0 Å². The lowest BCUT2D eigenvalue weighted by Crippen LogP contribution is -2.52. The van der Waals surface area contributed by atoms with Crippen molar-refractivity contribution in [3.8, 4) is 0 Å². The number of ether oxygens (including phenoxy) is 4. The Hall–Kier alpha value is -2.54. The summed E-state index contributed by atoms with van der Waals surface area (Å²) in [6, 6.07) is 30.0. The fourth-order valence-corrected chi connectivity index (χ4v) is 3.83. The largest absolute Gasteiger partial charge is 0.374 e. The van der Waals surface area contributed by atoms with Crippen molar-refractivity contribution in [3.05, 3.63) is 108 Å².